The SMILES string of the molecule is CC(C(=O)O)C1CCC(C2CCC(NC(=O)c3nnc(Nc4cc(F)c(F)cc4F)o3)CC2)CC1. The Labute approximate surface area is 200 Å². The Hall–Kier alpha value is -3.11. The summed E-state index contributed by atoms with van der Waals surface area (Å²) in [5.41, 5.74) is -0.399. The zero-order chi connectivity index (χ0) is 25.1. The number of anilines is 2. The minimum absolute atomic E-state index is 0.0333. The molecule has 0 bridgehead atoms. The molecular weight excluding hydrogens is 465 g/mol. The van der Waals surface area contributed by atoms with Crippen LogP contribution >= 0.6 is 0 Å². The van der Waals surface area contributed by atoms with Gasteiger partial charge in [0.25, 0.3) is 0 Å². The van der Waals surface area contributed by atoms with Crippen molar-refractivity contribution in [3.05, 3.63) is 35.5 Å². The number of carboxylic acids is 1. The van der Waals surface area contributed by atoms with E-state index in [-0.39, 0.29) is 29.8 Å². The molecular formula is C24H29F3N4O4. The van der Waals surface area contributed by atoms with Crippen LogP contribution in [0.15, 0.2) is 16.5 Å². The lowest BCUT2D eigenvalue weighted by molar-refractivity contribution is -0.143. The minimum Gasteiger partial charge on any atom is -0.481 e. The normalized spacial score (nSPS) is 25.6. The zero-order valence-corrected chi connectivity index (χ0v) is 19.4. The molecule has 8 nitrogen and oxygen atoms in total. The van der Waals surface area contributed by atoms with Gasteiger partial charge in [0, 0.05) is 18.2 Å². The van der Waals surface area contributed by atoms with Crippen molar-refractivity contribution in [2.45, 2.75) is 64.3 Å². The smallest absolute Gasteiger partial charge is 0.320 e. The van der Waals surface area contributed by atoms with Crippen LogP contribution in [0.5, 0.6) is 0 Å². The molecule has 1 aromatic carbocycles. The summed E-state index contributed by atoms with van der Waals surface area (Å²) in [7, 11) is 0. The van der Waals surface area contributed by atoms with E-state index in [4.69, 9.17) is 4.42 Å². The average molecular weight is 495 g/mol. The Morgan fingerprint density at radius 2 is 1.54 bits per heavy atom. The van der Waals surface area contributed by atoms with Crippen LogP contribution in [0, 0.1) is 41.1 Å². The fourth-order valence-corrected chi connectivity index (χ4v) is 5.40. The third kappa shape index (κ3) is 5.94. The lowest BCUT2D eigenvalue weighted by atomic mass is 9.68. The van der Waals surface area contributed by atoms with Crippen LogP contribution in [0.3, 0.4) is 0 Å². The summed E-state index contributed by atoms with van der Waals surface area (Å²) < 4.78 is 45.4. The summed E-state index contributed by atoms with van der Waals surface area (Å²) in [6.07, 6.45) is 7.64. The van der Waals surface area contributed by atoms with Gasteiger partial charge < -0.3 is 20.2 Å². The first-order chi connectivity index (χ1) is 16.7. The van der Waals surface area contributed by atoms with Crippen LogP contribution in [0.25, 0.3) is 0 Å². The number of carbonyl (C=O) groups excluding carboxylic acids is 1. The number of carboxylic acid groups (broad SMARTS) is 1. The van der Waals surface area contributed by atoms with Gasteiger partial charge in [-0.2, -0.15) is 0 Å². The molecule has 2 saturated carbocycles. The summed E-state index contributed by atoms with van der Waals surface area (Å²) in [5.74, 6) is -4.06. The molecule has 0 radical (unpaired) electrons. The highest BCUT2D eigenvalue weighted by Crippen LogP contribution is 2.41. The summed E-state index contributed by atoms with van der Waals surface area (Å²) in [5, 5.41) is 21.7. The second kappa shape index (κ2) is 10.7. The van der Waals surface area contributed by atoms with E-state index < -0.39 is 35.0 Å². The van der Waals surface area contributed by atoms with E-state index >= 15 is 0 Å². The quantitative estimate of drug-likeness (QED) is 0.461. The Balaban J connectivity index is 1.24. The first-order valence-corrected chi connectivity index (χ1v) is 12.0. The number of nitrogens with one attached hydrogen (secondary N) is 2. The molecule has 11 heteroatoms. The van der Waals surface area contributed by atoms with E-state index in [9.17, 15) is 27.9 Å². The van der Waals surface area contributed by atoms with Crippen LogP contribution in [0.1, 0.15) is 69.0 Å². The van der Waals surface area contributed by atoms with E-state index in [1.165, 1.54) is 0 Å². The van der Waals surface area contributed by atoms with Crippen molar-refractivity contribution >= 4 is 23.6 Å². The van der Waals surface area contributed by atoms with Crippen molar-refractivity contribution in [2.24, 2.45) is 23.7 Å². The van der Waals surface area contributed by atoms with Crippen molar-refractivity contribution in [1.82, 2.24) is 15.5 Å². The molecule has 3 N–H and O–H groups in total. The number of nitrogens with zero attached hydrogens (tertiary/aromatic N) is 2. The predicted molar refractivity (Wildman–Crippen MR) is 119 cm³/mol. The molecule has 4 rings (SSSR count). The third-order valence-electron chi connectivity index (χ3n) is 7.56. The lowest BCUT2D eigenvalue weighted by Crippen LogP contribution is -2.39. The molecule has 1 unspecified atom stereocenters. The van der Waals surface area contributed by atoms with Gasteiger partial charge in [-0.15, -0.1) is 5.10 Å². The zero-order valence-electron chi connectivity index (χ0n) is 19.4. The first kappa shape index (κ1) is 25.0. The molecule has 1 atom stereocenters. The molecule has 1 amide bonds. The molecule has 0 aliphatic heterocycles. The van der Waals surface area contributed by atoms with Gasteiger partial charge >= 0.3 is 23.8 Å². The second-order valence-electron chi connectivity index (χ2n) is 9.67. The Bertz CT molecular complexity index is 1060. The van der Waals surface area contributed by atoms with Gasteiger partial charge in [-0.25, -0.2) is 13.2 Å². The Kier molecular flexibility index (Phi) is 7.61. The van der Waals surface area contributed by atoms with Crippen LogP contribution in [0.4, 0.5) is 24.9 Å². The number of aromatic nitrogens is 2. The summed E-state index contributed by atoms with van der Waals surface area (Å²) in [4.78, 5) is 23.8. The third-order valence-corrected chi connectivity index (χ3v) is 7.56. The molecule has 2 aliphatic carbocycles. The van der Waals surface area contributed by atoms with E-state index in [1.807, 2.05) is 0 Å². The van der Waals surface area contributed by atoms with Crippen molar-refractivity contribution in [3.8, 4) is 0 Å². The summed E-state index contributed by atoms with van der Waals surface area (Å²) >= 11 is 0. The molecule has 2 aromatic rings. The van der Waals surface area contributed by atoms with Gasteiger partial charge in [0.1, 0.15) is 5.82 Å². The van der Waals surface area contributed by atoms with Gasteiger partial charge in [0.2, 0.25) is 0 Å². The van der Waals surface area contributed by atoms with Gasteiger partial charge in [0.15, 0.2) is 11.6 Å². The number of benzene rings is 1. The fraction of sp³-hybridized carbons (Fsp3) is 0.583. The van der Waals surface area contributed by atoms with Crippen molar-refractivity contribution in [3.63, 3.8) is 0 Å². The lowest BCUT2D eigenvalue weighted by Gasteiger charge is -2.38. The molecule has 2 aliphatic rings. The minimum atomic E-state index is -1.33. The number of hydrogen-bond donors (Lipinski definition) is 3. The van der Waals surface area contributed by atoms with Crippen LogP contribution < -0.4 is 10.6 Å². The standard InChI is InChI=1S/C24H29F3N4O4/c1-12(23(33)34)13-2-4-14(5-3-13)15-6-8-16(9-7-15)28-21(32)22-30-31-24(35-22)29-20-11-18(26)17(25)10-19(20)27/h10-16H,2-9H2,1H3,(H,28,32)(H,29,31)(H,33,34). The van der Waals surface area contributed by atoms with E-state index in [0.29, 0.717) is 24.0 Å². The van der Waals surface area contributed by atoms with E-state index in [1.54, 1.807) is 6.92 Å². The number of carbonyl (C=O) groups is 2. The predicted octanol–water partition coefficient (Wildman–Crippen LogP) is 5.05. The number of hydrogen-bond acceptors (Lipinski definition) is 6. The second-order valence-corrected chi connectivity index (χ2v) is 9.67. The highest BCUT2D eigenvalue weighted by atomic mass is 19.2. The summed E-state index contributed by atoms with van der Waals surface area (Å²) in [6, 6.07) is 0.651. The molecule has 1 aromatic heterocycles. The molecule has 190 valence electrons. The largest absolute Gasteiger partial charge is 0.481 e. The highest BCUT2D eigenvalue weighted by molar-refractivity contribution is 5.89. The van der Waals surface area contributed by atoms with Gasteiger partial charge in [-0.05, 0) is 69.1 Å². The molecule has 1 heterocycles. The topological polar surface area (TPSA) is 117 Å². The molecule has 35 heavy (non-hydrogen) atoms. The molecule has 0 saturated heterocycles. The van der Waals surface area contributed by atoms with Gasteiger partial charge in [-0.3, -0.25) is 9.59 Å². The van der Waals surface area contributed by atoms with Crippen LogP contribution in [-0.2, 0) is 4.79 Å². The van der Waals surface area contributed by atoms with Crippen molar-refractivity contribution < 1.29 is 32.3 Å². The highest BCUT2D eigenvalue weighted by Gasteiger charge is 2.34. The number of amides is 1. The number of aliphatic carboxylic acids is 1. The van der Waals surface area contributed by atoms with Crippen LogP contribution in [-0.4, -0.2) is 33.2 Å². The monoisotopic (exact) mass is 494 g/mol. The first-order valence-electron chi connectivity index (χ1n) is 12.0. The molecule has 2 fully saturated rings. The maximum atomic E-state index is 13.8. The maximum absolute atomic E-state index is 13.8. The molecule has 0 spiro atoms. The fourth-order valence-electron chi connectivity index (χ4n) is 5.40. The summed E-state index contributed by atoms with van der Waals surface area (Å²) in [6.45, 7) is 1.80. The Morgan fingerprint density at radius 3 is 2.17 bits per heavy atom. The van der Waals surface area contributed by atoms with Gasteiger partial charge in [-0.1, -0.05) is 12.0 Å². The average Bonchev–Trinajstić information content (AvgIpc) is 3.31. The van der Waals surface area contributed by atoms with E-state index in [2.05, 4.69) is 20.8 Å². The van der Waals surface area contributed by atoms with Crippen molar-refractivity contribution in [1.29, 1.82) is 0 Å². The van der Waals surface area contributed by atoms with Gasteiger partial charge in [0.05, 0.1) is 11.6 Å². The number of halogens is 3. The van der Waals surface area contributed by atoms with Crippen LogP contribution in [0.2, 0.25) is 0 Å². The number of rotatable bonds is 7. The maximum Gasteiger partial charge on any atom is 0.320 e. The van der Waals surface area contributed by atoms with Crippen molar-refractivity contribution in [2.75, 3.05) is 5.32 Å². The van der Waals surface area contributed by atoms with E-state index in [0.717, 1.165) is 51.4 Å². The Morgan fingerprint density at radius 1 is 0.943 bits per heavy atom.